The Morgan fingerprint density at radius 1 is 1.05 bits per heavy atom. The fourth-order valence-electron chi connectivity index (χ4n) is 3.96. The van der Waals surface area contributed by atoms with Gasteiger partial charge in [0.1, 0.15) is 17.3 Å². The molecule has 0 aliphatic carbocycles. The van der Waals surface area contributed by atoms with Crippen molar-refractivity contribution in [3.63, 3.8) is 0 Å². The number of aryl methyl sites for hydroxylation is 1. The minimum Gasteiger partial charge on any atom is -0.507 e. The van der Waals surface area contributed by atoms with E-state index in [1.165, 1.54) is 11.0 Å². The van der Waals surface area contributed by atoms with Crippen LogP contribution in [0.25, 0.3) is 5.76 Å². The molecule has 2 aromatic carbocycles. The number of hydrogen-bond donors (Lipinski definition) is 3. The molecule has 1 unspecified atom stereocenters. The van der Waals surface area contributed by atoms with E-state index in [4.69, 9.17) is 24.5 Å². The normalized spacial score (nSPS) is 16.3. The maximum absolute atomic E-state index is 14.8. The van der Waals surface area contributed by atoms with Gasteiger partial charge in [-0.15, -0.1) is 0 Å². The molecule has 0 spiro atoms. The summed E-state index contributed by atoms with van der Waals surface area (Å²) < 4.78 is 20.3. The number of benzene rings is 2. The third kappa shape index (κ3) is 7.16. The standard InChI is InChI=1S/C25H29FN2O4.C2H2O4/c1-5-32-20-12-11-17(15-16(20)2)23(29)21-22(18-9-6-7-10-19(18)26)28(25(31)24(21)30)14-8-13-27(3)4;3-1(4)2(5)6/h6-7,9-12,15,22,29H,5,8,13-14H2,1-4H3;(H,3,4)(H,5,6)/b23-21+;. The molecule has 0 aromatic heterocycles. The highest BCUT2D eigenvalue weighted by Gasteiger charge is 2.46. The predicted octanol–water partition coefficient (Wildman–Crippen LogP) is 3.06. The molecule has 1 saturated heterocycles. The van der Waals surface area contributed by atoms with Crippen LogP contribution in [0.5, 0.6) is 5.75 Å². The molecule has 0 bridgehead atoms. The summed E-state index contributed by atoms with van der Waals surface area (Å²) >= 11 is 0. The number of aliphatic carboxylic acids is 2. The molecule has 10 nitrogen and oxygen atoms in total. The lowest BCUT2D eigenvalue weighted by Gasteiger charge is -2.26. The molecule has 3 rings (SSSR count). The van der Waals surface area contributed by atoms with Crippen LogP contribution in [0.15, 0.2) is 48.0 Å². The minimum atomic E-state index is -1.82. The van der Waals surface area contributed by atoms with Crippen molar-refractivity contribution >= 4 is 29.4 Å². The Morgan fingerprint density at radius 3 is 2.21 bits per heavy atom. The summed E-state index contributed by atoms with van der Waals surface area (Å²) in [4.78, 5) is 47.4. The van der Waals surface area contributed by atoms with Crippen LogP contribution in [0.4, 0.5) is 4.39 Å². The van der Waals surface area contributed by atoms with Gasteiger partial charge in [-0.25, -0.2) is 14.0 Å². The highest BCUT2D eigenvalue weighted by atomic mass is 19.1. The molecular weight excluding hydrogens is 499 g/mol. The second kappa shape index (κ2) is 13.3. The van der Waals surface area contributed by atoms with E-state index in [1.54, 1.807) is 36.4 Å². The van der Waals surface area contributed by atoms with Crippen molar-refractivity contribution in [1.29, 1.82) is 0 Å². The lowest BCUT2D eigenvalue weighted by molar-refractivity contribution is -0.159. The molecule has 2 aromatic rings. The number of Topliss-reactive ketones (excluding diaryl/α,β-unsaturated/α-hetero) is 1. The number of carboxylic acids is 2. The van der Waals surface area contributed by atoms with Crippen molar-refractivity contribution < 1.29 is 43.6 Å². The number of carbonyl (C=O) groups excluding carboxylic acids is 2. The maximum atomic E-state index is 14.8. The molecule has 38 heavy (non-hydrogen) atoms. The third-order valence-corrected chi connectivity index (χ3v) is 5.68. The van der Waals surface area contributed by atoms with Crippen LogP contribution in [0.1, 0.15) is 36.1 Å². The molecule has 1 atom stereocenters. The number of carbonyl (C=O) groups is 4. The van der Waals surface area contributed by atoms with Gasteiger partial charge in [0.05, 0.1) is 18.2 Å². The van der Waals surface area contributed by atoms with Crippen molar-refractivity contribution in [1.82, 2.24) is 9.80 Å². The molecule has 1 aliphatic rings. The molecule has 1 heterocycles. The number of hydrogen-bond acceptors (Lipinski definition) is 7. The Kier molecular flexibility index (Phi) is 10.5. The van der Waals surface area contributed by atoms with Gasteiger partial charge >= 0.3 is 11.9 Å². The number of carboxylic acid groups (broad SMARTS) is 2. The van der Waals surface area contributed by atoms with E-state index < -0.39 is 35.5 Å². The monoisotopic (exact) mass is 530 g/mol. The fraction of sp³-hybridized carbons (Fsp3) is 0.333. The zero-order valence-corrected chi connectivity index (χ0v) is 21.6. The maximum Gasteiger partial charge on any atom is 0.414 e. The second-order valence-electron chi connectivity index (χ2n) is 8.69. The minimum absolute atomic E-state index is 0.103. The predicted molar refractivity (Wildman–Crippen MR) is 136 cm³/mol. The first-order chi connectivity index (χ1) is 17.9. The molecule has 204 valence electrons. The van der Waals surface area contributed by atoms with E-state index in [2.05, 4.69) is 0 Å². The van der Waals surface area contributed by atoms with Gasteiger partial charge in [-0.05, 0) is 70.7 Å². The van der Waals surface area contributed by atoms with E-state index in [0.717, 1.165) is 5.56 Å². The number of aliphatic hydroxyl groups excluding tert-OH is 1. The van der Waals surface area contributed by atoms with Gasteiger partial charge in [0.25, 0.3) is 11.7 Å². The smallest absolute Gasteiger partial charge is 0.414 e. The van der Waals surface area contributed by atoms with Gasteiger partial charge in [-0.2, -0.15) is 0 Å². The zero-order chi connectivity index (χ0) is 28.6. The summed E-state index contributed by atoms with van der Waals surface area (Å²) in [5.41, 5.74) is 1.23. The van der Waals surface area contributed by atoms with Crippen molar-refractivity contribution in [2.45, 2.75) is 26.3 Å². The highest BCUT2D eigenvalue weighted by Crippen LogP contribution is 2.40. The third-order valence-electron chi connectivity index (χ3n) is 5.68. The molecule has 0 saturated carbocycles. The first-order valence-corrected chi connectivity index (χ1v) is 11.8. The van der Waals surface area contributed by atoms with Gasteiger partial charge in [0.2, 0.25) is 0 Å². The zero-order valence-electron chi connectivity index (χ0n) is 21.6. The first kappa shape index (κ1) is 30.0. The molecule has 11 heteroatoms. The second-order valence-corrected chi connectivity index (χ2v) is 8.69. The largest absolute Gasteiger partial charge is 0.507 e. The summed E-state index contributed by atoms with van der Waals surface area (Å²) in [5, 5.41) is 25.9. The summed E-state index contributed by atoms with van der Waals surface area (Å²) in [6.45, 7) is 5.17. The Hall–Kier alpha value is -4.25. The highest BCUT2D eigenvalue weighted by molar-refractivity contribution is 6.46. The quantitative estimate of drug-likeness (QED) is 0.266. The Bertz CT molecular complexity index is 1230. The van der Waals surface area contributed by atoms with Gasteiger partial charge < -0.3 is 29.9 Å². The number of nitrogens with zero attached hydrogens (tertiary/aromatic N) is 2. The van der Waals surface area contributed by atoms with Crippen molar-refractivity contribution in [3.8, 4) is 5.75 Å². The average Bonchev–Trinajstić information content (AvgIpc) is 3.10. The lowest BCUT2D eigenvalue weighted by Crippen LogP contribution is -2.32. The molecule has 3 N–H and O–H groups in total. The molecule has 0 radical (unpaired) electrons. The van der Waals surface area contributed by atoms with Crippen LogP contribution in [-0.4, -0.2) is 82.5 Å². The Balaban J connectivity index is 0.000000757. The number of halogens is 1. The molecule has 1 amide bonds. The number of rotatable bonds is 8. The fourth-order valence-corrected chi connectivity index (χ4v) is 3.96. The number of likely N-dealkylation sites (tertiary alicyclic amines) is 1. The van der Waals surface area contributed by atoms with Crippen LogP contribution < -0.4 is 4.74 Å². The summed E-state index contributed by atoms with van der Waals surface area (Å²) in [6.07, 6.45) is 0.604. The van der Waals surface area contributed by atoms with Crippen LogP contribution in [0, 0.1) is 12.7 Å². The Morgan fingerprint density at radius 2 is 1.68 bits per heavy atom. The van der Waals surface area contributed by atoms with Gasteiger partial charge in [0, 0.05) is 17.7 Å². The summed E-state index contributed by atoms with van der Waals surface area (Å²) in [6, 6.07) is 10.1. The van der Waals surface area contributed by atoms with Crippen LogP contribution >= 0.6 is 0 Å². The van der Waals surface area contributed by atoms with Crippen molar-refractivity contribution in [2.24, 2.45) is 0 Å². The van der Waals surface area contributed by atoms with Crippen LogP contribution in [0.3, 0.4) is 0 Å². The lowest BCUT2D eigenvalue weighted by atomic mass is 9.94. The van der Waals surface area contributed by atoms with Crippen LogP contribution in [0.2, 0.25) is 0 Å². The van der Waals surface area contributed by atoms with Gasteiger partial charge in [-0.3, -0.25) is 9.59 Å². The number of aliphatic hydroxyl groups is 1. The van der Waals surface area contributed by atoms with Crippen molar-refractivity contribution in [3.05, 3.63) is 70.5 Å². The van der Waals surface area contributed by atoms with Gasteiger partial charge in [-0.1, -0.05) is 18.2 Å². The number of ketones is 1. The number of amides is 1. The van der Waals surface area contributed by atoms with Crippen LogP contribution in [-0.2, 0) is 19.2 Å². The average molecular weight is 531 g/mol. The van der Waals surface area contributed by atoms with Crippen molar-refractivity contribution in [2.75, 3.05) is 33.8 Å². The molecule has 1 fully saturated rings. The Labute approximate surface area is 219 Å². The van der Waals surface area contributed by atoms with E-state index in [9.17, 15) is 19.1 Å². The summed E-state index contributed by atoms with van der Waals surface area (Å²) in [5.74, 6) is -5.39. The first-order valence-electron chi connectivity index (χ1n) is 11.8. The van der Waals surface area contributed by atoms with E-state index >= 15 is 0 Å². The molecule has 1 aliphatic heterocycles. The topological polar surface area (TPSA) is 145 Å². The van der Waals surface area contributed by atoms with Gasteiger partial charge in [0.15, 0.2) is 0 Å². The van der Waals surface area contributed by atoms with E-state index in [1.807, 2.05) is 32.8 Å². The summed E-state index contributed by atoms with van der Waals surface area (Å²) in [7, 11) is 3.83. The SMILES string of the molecule is CCOc1ccc(/C(O)=C2\C(=O)C(=O)N(CCCN(C)C)C2c2ccccc2F)cc1C.O=C(O)C(=O)O. The van der Waals surface area contributed by atoms with E-state index in [-0.39, 0.29) is 23.4 Å². The molecular formula is C27H31FN2O8. The number of ether oxygens (including phenoxy) is 1. The van der Waals surface area contributed by atoms with E-state index in [0.29, 0.717) is 30.9 Å².